The molecule has 0 spiro atoms. The van der Waals surface area contributed by atoms with E-state index in [1.165, 1.54) is 42.5 Å². The molecule has 8 nitrogen and oxygen atoms in total. The van der Waals surface area contributed by atoms with E-state index >= 15 is 0 Å². The van der Waals surface area contributed by atoms with Crippen molar-refractivity contribution in [1.82, 2.24) is 0 Å². The third-order valence-corrected chi connectivity index (χ3v) is 9.08. The second-order valence-corrected chi connectivity index (χ2v) is 12.6. The van der Waals surface area contributed by atoms with Crippen LogP contribution in [0.25, 0.3) is 0 Å². The van der Waals surface area contributed by atoms with Gasteiger partial charge in [0, 0.05) is 11.4 Å². The molecule has 0 aliphatic heterocycles. The first-order chi connectivity index (χ1) is 19.7. The Hall–Kier alpha value is -4.43. The van der Waals surface area contributed by atoms with Crippen LogP contribution in [0.3, 0.4) is 0 Å². The predicted molar refractivity (Wildman–Crippen MR) is 149 cm³/mol. The third-order valence-electron chi connectivity index (χ3n) is 5.91. The fourth-order valence-corrected chi connectivity index (χ4v) is 6.29. The number of anilines is 3. The average Bonchev–Trinajstić information content (AvgIpc) is 2.92. The van der Waals surface area contributed by atoms with Gasteiger partial charge >= 0.3 is 6.18 Å². The molecule has 0 aromatic heterocycles. The Balaban J connectivity index is 1.52. The van der Waals surface area contributed by atoms with Crippen LogP contribution in [0.15, 0.2) is 107 Å². The summed E-state index contributed by atoms with van der Waals surface area (Å²) < 4.78 is 108. The zero-order valence-electron chi connectivity index (χ0n) is 21.8. The predicted octanol–water partition coefficient (Wildman–Crippen LogP) is 5.79. The van der Waals surface area contributed by atoms with Crippen LogP contribution in [0.5, 0.6) is 0 Å². The van der Waals surface area contributed by atoms with Crippen molar-refractivity contribution in [1.29, 1.82) is 0 Å². The van der Waals surface area contributed by atoms with Gasteiger partial charge in [-0.3, -0.25) is 13.8 Å². The Bertz CT molecular complexity index is 1810. The highest BCUT2D eigenvalue weighted by Gasteiger charge is 2.31. The van der Waals surface area contributed by atoms with E-state index in [0.717, 1.165) is 42.0 Å². The summed E-state index contributed by atoms with van der Waals surface area (Å²) in [7, 11) is -8.67. The molecule has 0 radical (unpaired) electrons. The molecule has 220 valence electrons. The number of para-hydroxylation sites is 1. The summed E-state index contributed by atoms with van der Waals surface area (Å²) in [5.41, 5.74) is -0.811. The lowest BCUT2D eigenvalue weighted by atomic mass is 10.2. The highest BCUT2D eigenvalue weighted by molar-refractivity contribution is 7.93. The van der Waals surface area contributed by atoms with E-state index in [1.54, 1.807) is 19.1 Å². The van der Waals surface area contributed by atoms with Crippen LogP contribution in [0.1, 0.15) is 11.1 Å². The van der Waals surface area contributed by atoms with Crippen LogP contribution < -0.4 is 14.3 Å². The Morgan fingerprint density at radius 3 is 2.02 bits per heavy atom. The number of hydrogen-bond acceptors (Lipinski definition) is 5. The number of alkyl halides is 3. The summed E-state index contributed by atoms with van der Waals surface area (Å²) in [5.74, 6) is -1.73. The molecule has 4 aromatic rings. The smallest absolute Gasteiger partial charge is 0.325 e. The minimum atomic E-state index is -4.66. The van der Waals surface area contributed by atoms with E-state index in [-0.39, 0.29) is 26.9 Å². The van der Waals surface area contributed by atoms with Gasteiger partial charge in [0.15, 0.2) is 0 Å². The van der Waals surface area contributed by atoms with Crippen LogP contribution in [0, 0.1) is 12.7 Å². The number of hydrogen-bond donors (Lipinski definition) is 2. The molecule has 4 aromatic carbocycles. The number of aryl methyl sites for hydroxylation is 1. The lowest BCUT2D eigenvalue weighted by Crippen LogP contribution is -2.38. The van der Waals surface area contributed by atoms with E-state index in [1.807, 2.05) is 0 Å². The topological polar surface area (TPSA) is 113 Å². The van der Waals surface area contributed by atoms with E-state index < -0.39 is 50.1 Å². The van der Waals surface area contributed by atoms with Crippen molar-refractivity contribution >= 4 is 43.0 Å². The van der Waals surface area contributed by atoms with Crippen molar-refractivity contribution < 1.29 is 39.2 Å². The first-order valence-electron chi connectivity index (χ1n) is 12.1. The Morgan fingerprint density at radius 1 is 0.786 bits per heavy atom. The van der Waals surface area contributed by atoms with Crippen LogP contribution >= 0.6 is 0 Å². The number of amides is 1. The lowest BCUT2D eigenvalue weighted by Gasteiger charge is -2.24. The fraction of sp³-hybridized carbons (Fsp3) is 0.107. The molecule has 1 amide bonds. The van der Waals surface area contributed by atoms with Crippen LogP contribution in [-0.2, 0) is 31.0 Å². The molecule has 0 unspecified atom stereocenters. The SMILES string of the molecule is Cc1ccc(S(=O)(=O)N(CC(=O)Nc2ccc(S(=O)(=O)Nc3cccc(C(F)(F)F)c3)cc2)c2ccccc2F)cc1. The van der Waals surface area contributed by atoms with Gasteiger partial charge in [-0.25, -0.2) is 21.2 Å². The molecule has 0 saturated heterocycles. The Kier molecular flexibility index (Phi) is 8.59. The zero-order valence-corrected chi connectivity index (χ0v) is 23.4. The molecule has 0 heterocycles. The summed E-state index contributed by atoms with van der Waals surface area (Å²) in [5, 5.41) is 2.44. The van der Waals surface area contributed by atoms with Crippen LogP contribution in [0.4, 0.5) is 34.6 Å². The van der Waals surface area contributed by atoms with Gasteiger partial charge < -0.3 is 5.32 Å². The fourth-order valence-electron chi connectivity index (χ4n) is 3.81. The highest BCUT2D eigenvalue weighted by Crippen LogP contribution is 2.31. The number of halogens is 4. The molecule has 4 rings (SSSR count). The van der Waals surface area contributed by atoms with Crippen LogP contribution in [0.2, 0.25) is 0 Å². The third kappa shape index (κ3) is 7.06. The number of benzene rings is 4. The van der Waals surface area contributed by atoms with Crippen molar-refractivity contribution in [3.05, 3.63) is 114 Å². The second kappa shape index (κ2) is 11.8. The van der Waals surface area contributed by atoms with Gasteiger partial charge in [-0.05, 0) is 73.7 Å². The first kappa shape index (κ1) is 30.5. The monoisotopic (exact) mass is 621 g/mol. The number of nitrogens with one attached hydrogen (secondary N) is 2. The van der Waals surface area contributed by atoms with Crippen molar-refractivity contribution in [2.75, 3.05) is 20.9 Å². The molecule has 42 heavy (non-hydrogen) atoms. The molecule has 0 atom stereocenters. The minimum absolute atomic E-state index is 0.0826. The highest BCUT2D eigenvalue weighted by atomic mass is 32.2. The van der Waals surface area contributed by atoms with Crippen molar-refractivity contribution in [2.24, 2.45) is 0 Å². The largest absolute Gasteiger partial charge is 0.416 e. The summed E-state index contributed by atoms with van der Waals surface area (Å²) in [6, 6.07) is 19.1. The molecule has 2 N–H and O–H groups in total. The summed E-state index contributed by atoms with van der Waals surface area (Å²) in [6.07, 6.45) is -4.66. The zero-order chi connectivity index (χ0) is 30.7. The number of carbonyl (C=O) groups is 1. The maximum atomic E-state index is 14.7. The van der Waals surface area contributed by atoms with E-state index in [9.17, 15) is 39.2 Å². The quantitative estimate of drug-likeness (QED) is 0.230. The maximum absolute atomic E-state index is 14.7. The number of sulfonamides is 2. The normalized spacial score (nSPS) is 12.0. The lowest BCUT2D eigenvalue weighted by molar-refractivity contribution is -0.137. The molecule has 0 aliphatic carbocycles. The van der Waals surface area contributed by atoms with Gasteiger partial charge in [-0.15, -0.1) is 0 Å². The van der Waals surface area contributed by atoms with Gasteiger partial charge in [0.2, 0.25) is 5.91 Å². The standard InChI is InChI=1S/C28H23F4N3O5S2/c1-19-9-13-24(14-10-19)42(39,40)35(26-8-3-2-7-25(26)29)18-27(36)33-21-11-15-23(16-12-21)41(37,38)34-22-6-4-5-20(17-22)28(30,31)32/h2-17,34H,18H2,1H3,(H,33,36). The number of nitrogens with zero attached hydrogens (tertiary/aromatic N) is 1. The maximum Gasteiger partial charge on any atom is 0.416 e. The van der Waals surface area contributed by atoms with E-state index in [4.69, 9.17) is 0 Å². The number of carbonyl (C=O) groups excluding carboxylic acids is 1. The first-order valence-corrected chi connectivity index (χ1v) is 15.0. The Morgan fingerprint density at radius 2 is 1.40 bits per heavy atom. The van der Waals surface area contributed by atoms with E-state index in [2.05, 4.69) is 10.0 Å². The van der Waals surface area contributed by atoms with Crippen molar-refractivity contribution in [3.63, 3.8) is 0 Å². The minimum Gasteiger partial charge on any atom is -0.325 e. The van der Waals surface area contributed by atoms with Gasteiger partial charge in [0.25, 0.3) is 20.0 Å². The van der Waals surface area contributed by atoms with Gasteiger partial charge in [0.1, 0.15) is 12.4 Å². The second-order valence-electron chi connectivity index (χ2n) is 9.03. The van der Waals surface area contributed by atoms with Gasteiger partial charge in [-0.2, -0.15) is 13.2 Å². The molecule has 0 fully saturated rings. The van der Waals surface area contributed by atoms with Crippen LogP contribution in [-0.4, -0.2) is 29.3 Å². The molecule has 0 aliphatic rings. The summed E-state index contributed by atoms with van der Waals surface area (Å²) >= 11 is 0. The van der Waals surface area contributed by atoms with Gasteiger partial charge in [-0.1, -0.05) is 35.9 Å². The molecular weight excluding hydrogens is 598 g/mol. The van der Waals surface area contributed by atoms with Gasteiger partial charge in [0.05, 0.1) is 21.0 Å². The molecular formula is C28H23F4N3O5S2. The molecule has 0 bridgehead atoms. The average molecular weight is 622 g/mol. The molecule has 0 saturated carbocycles. The molecule has 14 heteroatoms. The van der Waals surface area contributed by atoms with Crippen molar-refractivity contribution in [3.8, 4) is 0 Å². The number of rotatable bonds is 9. The van der Waals surface area contributed by atoms with Crippen molar-refractivity contribution in [2.45, 2.75) is 22.9 Å². The summed E-state index contributed by atoms with van der Waals surface area (Å²) in [6.45, 7) is 0.949. The summed E-state index contributed by atoms with van der Waals surface area (Å²) in [4.78, 5) is 12.4. The Labute approximate surface area is 239 Å². The van der Waals surface area contributed by atoms with E-state index in [0.29, 0.717) is 10.4 Å².